The van der Waals surface area contributed by atoms with Crippen molar-refractivity contribution < 1.29 is 19.1 Å². The lowest BCUT2D eigenvalue weighted by Crippen LogP contribution is -2.45. The van der Waals surface area contributed by atoms with Crippen LogP contribution in [0.15, 0.2) is 97.1 Å². The average Bonchev–Trinajstić information content (AvgIpc) is 3.40. The van der Waals surface area contributed by atoms with E-state index in [-0.39, 0.29) is 17.7 Å². The molecule has 6 rings (SSSR count). The summed E-state index contributed by atoms with van der Waals surface area (Å²) >= 11 is 0. The SMILES string of the molecule is COc1cc(OC)c2c(c1)[C@]1(NC(=O)c3ccccc31)[C@H](c1ccccc1)[C@H]2NC(=O)c1ccccc1. The standard InChI is InChI=1S/C31H26N2O4/c1-36-21-17-24-26(25(18-21)37-2)28(32-29(34)20-13-7-4-8-14-20)27(19-11-5-3-6-12-19)31(24)23-16-10-9-15-22(23)30(35)33-31/h3-18,27-28H,1-2H3,(H,32,34)(H,33,35)/t27-,28+,31+/m1/s1. The molecule has 0 bridgehead atoms. The zero-order valence-corrected chi connectivity index (χ0v) is 20.5. The van der Waals surface area contributed by atoms with Crippen LogP contribution in [0.3, 0.4) is 0 Å². The van der Waals surface area contributed by atoms with Gasteiger partial charge in [0.15, 0.2) is 0 Å². The molecule has 0 aromatic heterocycles. The first-order valence-corrected chi connectivity index (χ1v) is 12.2. The quantitative estimate of drug-likeness (QED) is 0.415. The Morgan fingerprint density at radius 1 is 0.838 bits per heavy atom. The van der Waals surface area contributed by atoms with Crippen LogP contribution in [0, 0.1) is 0 Å². The van der Waals surface area contributed by atoms with Crippen LogP contribution in [-0.4, -0.2) is 26.0 Å². The third-order valence-electron chi connectivity index (χ3n) is 7.50. The molecule has 1 spiro atoms. The van der Waals surface area contributed by atoms with Crippen LogP contribution in [0.2, 0.25) is 0 Å². The molecular formula is C31H26N2O4. The zero-order chi connectivity index (χ0) is 25.6. The van der Waals surface area contributed by atoms with E-state index in [9.17, 15) is 9.59 Å². The number of methoxy groups -OCH3 is 2. The Bertz CT molecular complexity index is 1500. The molecule has 6 heteroatoms. The van der Waals surface area contributed by atoms with Gasteiger partial charge in [-0.05, 0) is 41.0 Å². The number of rotatable bonds is 5. The highest BCUT2D eigenvalue weighted by molar-refractivity contribution is 6.02. The van der Waals surface area contributed by atoms with Crippen molar-refractivity contribution in [1.29, 1.82) is 0 Å². The fourth-order valence-electron chi connectivity index (χ4n) is 5.99. The third-order valence-corrected chi connectivity index (χ3v) is 7.50. The van der Waals surface area contributed by atoms with E-state index in [0.717, 1.165) is 22.3 Å². The van der Waals surface area contributed by atoms with Crippen LogP contribution in [-0.2, 0) is 5.54 Å². The molecule has 0 fully saturated rings. The fourth-order valence-corrected chi connectivity index (χ4v) is 5.99. The molecule has 4 aromatic carbocycles. The van der Waals surface area contributed by atoms with Crippen molar-refractivity contribution in [2.45, 2.75) is 17.5 Å². The van der Waals surface area contributed by atoms with Crippen molar-refractivity contribution in [3.63, 3.8) is 0 Å². The molecule has 0 saturated carbocycles. The molecule has 2 N–H and O–H groups in total. The smallest absolute Gasteiger partial charge is 0.252 e. The van der Waals surface area contributed by atoms with Gasteiger partial charge >= 0.3 is 0 Å². The van der Waals surface area contributed by atoms with Gasteiger partial charge < -0.3 is 20.1 Å². The van der Waals surface area contributed by atoms with Gasteiger partial charge in [0.1, 0.15) is 17.0 Å². The third kappa shape index (κ3) is 3.40. The van der Waals surface area contributed by atoms with Crippen molar-refractivity contribution in [1.82, 2.24) is 10.6 Å². The van der Waals surface area contributed by atoms with Crippen molar-refractivity contribution in [3.05, 3.63) is 130 Å². The molecule has 0 unspecified atom stereocenters. The second-order valence-electron chi connectivity index (χ2n) is 9.30. The number of benzene rings is 4. The summed E-state index contributed by atoms with van der Waals surface area (Å²) in [4.78, 5) is 27.0. The highest BCUT2D eigenvalue weighted by Crippen LogP contribution is 2.61. The molecule has 184 valence electrons. The summed E-state index contributed by atoms with van der Waals surface area (Å²) in [5.41, 5.74) is 3.73. The summed E-state index contributed by atoms with van der Waals surface area (Å²) in [5, 5.41) is 6.64. The topological polar surface area (TPSA) is 76.7 Å². The van der Waals surface area contributed by atoms with E-state index in [1.165, 1.54) is 0 Å². The molecule has 1 aliphatic heterocycles. The molecule has 1 heterocycles. The van der Waals surface area contributed by atoms with Gasteiger partial charge in [-0.3, -0.25) is 9.59 Å². The fraction of sp³-hybridized carbons (Fsp3) is 0.161. The lowest BCUT2D eigenvalue weighted by Gasteiger charge is -2.36. The van der Waals surface area contributed by atoms with Gasteiger partial charge in [0.2, 0.25) is 0 Å². The van der Waals surface area contributed by atoms with Gasteiger partial charge in [-0.15, -0.1) is 0 Å². The summed E-state index contributed by atoms with van der Waals surface area (Å²) in [5.74, 6) is 0.480. The van der Waals surface area contributed by atoms with Crippen LogP contribution in [0.25, 0.3) is 0 Å². The second kappa shape index (κ2) is 8.82. The van der Waals surface area contributed by atoms with Gasteiger partial charge in [0.05, 0.1) is 20.3 Å². The van der Waals surface area contributed by atoms with Crippen LogP contribution >= 0.6 is 0 Å². The number of nitrogens with one attached hydrogen (secondary N) is 2. The van der Waals surface area contributed by atoms with Crippen LogP contribution < -0.4 is 20.1 Å². The highest BCUT2D eigenvalue weighted by Gasteiger charge is 2.60. The Morgan fingerprint density at radius 2 is 1.51 bits per heavy atom. The van der Waals surface area contributed by atoms with E-state index < -0.39 is 11.6 Å². The number of ether oxygens (including phenoxy) is 2. The predicted octanol–water partition coefficient (Wildman–Crippen LogP) is 4.96. The van der Waals surface area contributed by atoms with Crippen LogP contribution in [0.1, 0.15) is 54.9 Å². The average molecular weight is 491 g/mol. The Balaban J connectivity index is 1.65. The minimum atomic E-state index is -0.944. The van der Waals surface area contributed by atoms with E-state index in [1.807, 2.05) is 84.9 Å². The predicted molar refractivity (Wildman–Crippen MR) is 140 cm³/mol. The summed E-state index contributed by atoms with van der Waals surface area (Å²) < 4.78 is 11.5. The van der Waals surface area contributed by atoms with Crippen molar-refractivity contribution in [3.8, 4) is 11.5 Å². The molecule has 2 aliphatic rings. The molecule has 37 heavy (non-hydrogen) atoms. The molecule has 0 saturated heterocycles. The van der Waals surface area contributed by atoms with Gasteiger partial charge in [-0.1, -0.05) is 66.7 Å². The number of carbonyl (C=O) groups is 2. The molecule has 3 atom stereocenters. The van der Waals surface area contributed by atoms with Crippen molar-refractivity contribution >= 4 is 11.8 Å². The lowest BCUT2D eigenvalue weighted by atomic mass is 9.74. The first-order chi connectivity index (χ1) is 18.1. The monoisotopic (exact) mass is 490 g/mol. The maximum Gasteiger partial charge on any atom is 0.252 e. The summed E-state index contributed by atoms with van der Waals surface area (Å²) in [6.45, 7) is 0. The van der Waals surface area contributed by atoms with Crippen molar-refractivity contribution in [2.75, 3.05) is 14.2 Å². The number of hydrogen-bond acceptors (Lipinski definition) is 4. The van der Waals surface area contributed by atoms with Gasteiger partial charge in [0.25, 0.3) is 11.8 Å². The Kier molecular flexibility index (Phi) is 5.45. The van der Waals surface area contributed by atoms with Gasteiger partial charge in [-0.2, -0.15) is 0 Å². The minimum absolute atomic E-state index is 0.153. The number of amides is 2. The Hall–Kier alpha value is -4.58. The van der Waals surface area contributed by atoms with Gasteiger partial charge in [0, 0.05) is 28.7 Å². The number of hydrogen-bond donors (Lipinski definition) is 2. The lowest BCUT2D eigenvalue weighted by molar-refractivity contribution is 0.0914. The number of carbonyl (C=O) groups excluding carboxylic acids is 2. The highest BCUT2D eigenvalue weighted by atomic mass is 16.5. The maximum atomic E-state index is 13.6. The largest absolute Gasteiger partial charge is 0.497 e. The maximum absolute atomic E-state index is 13.6. The zero-order valence-electron chi connectivity index (χ0n) is 20.5. The summed E-state index contributed by atoms with van der Waals surface area (Å²) in [6, 6.07) is 30.0. The first kappa shape index (κ1) is 22.9. The van der Waals surface area contributed by atoms with E-state index in [1.54, 1.807) is 26.4 Å². The van der Waals surface area contributed by atoms with E-state index in [2.05, 4.69) is 10.6 Å². The van der Waals surface area contributed by atoms with Crippen LogP contribution in [0.4, 0.5) is 0 Å². The molecule has 4 aromatic rings. The molecule has 6 nitrogen and oxygen atoms in total. The summed E-state index contributed by atoms with van der Waals surface area (Å²) in [7, 11) is 3.21. The molecule has 1 aliphatic carbocycles. The van der Waals surface area contributed by atoms with Crippen LogP contribution in [0.5, 0.6) is 11.5 Å². The Labute approximate surface area is 215 Å². The number of fused-ring (bicyclic) bond motifs is 4. The normalized spacial score (nSPS) is 21.2. The Morgan fingerprint density at radius 3 is 2.22 bits per heavy atom. The minimum Gasteiger partial charge on any atom is -0.497 e. The first-order valence-electron chi connectivity index (χ1n) is 12.2. The van der Waals surface area contributed by atoms with E-state index in [4.69, 9.17) is 9.47 Å². The van der Waals surface area contributed by atoms with E-state index >= 15 is 0 Å². The molecule has 0 radical (unpaired) electrons. The second-order valence-corrected chi connectivity index (χ2v) is 9.30. The molecule has 2 amide bonds. The van der Waals surface area contributed by atoms with E-state index in [0.29, 0.717) is 22.6 Å². The molecular weight excluding hydrogens is 464 g/mol. The van der Waals surface area contributed by atoms with Gasteiger partial charge in [-0.25, -0.2) is 0 Å². The summed E-state index contributed by atoms with van der Waals surface area (Å²) in [6.07, 6.45) is 0. The van der Waals surface area contributed by atoms with Crippen molar-refractivity contribution in [2.24, 2.45) is 0 Å².